The van der Waals surface area contributed by atoms with Gasteiger partial charge >= 0.3 is 0 Å². The van der Waals surface area contributed by atoms with E-state index >= 15 is 0 Å². The Balaban J connectivity index is 1.73. The van der Waals surface area contributed by atoms with Gasteiger partial charge in [-0.2, -0.15) is 0 Å². The van der Waals surface area contributed by atoms with E-state index in [-0.39, 0.29) is 5.91 Å². The molecule has 1 heterocycles. The number of amides is 1. The molecule has 1 aromatic heterocycles. The average molecular weight is 270 g/mol. The Morgan fingerprint density at radius 3 is 2.70 bits per heavy atom. The number of nitrogens with zero attached hydrogens (tertiary/aromatic N) is 2. The number of hydrogen-bond donors (Lipinski definition) is 0. The van der Waals surface area contributed by atoms with Crippen LogP contribution in [-0.2, 0) is 4.79 Å². The highest BCUT2D eigenvalue weighted by Crippen LogP contribution is 2.12. The highest BCUT2D eigenvalue weighted by atomic mass is 16.5. The van der Waals surface area contributed by atoms with Crippen LogP contribution in [0.1, 0.15) is 12.8 Å². The van der Waals surface area contributed by atoms with Crippen molar-refractivity contribution >= 4 is 11.6 Å². The molecule has 0 aliphatic rings. The van der Waals surface area contributed by atoms with Gasteiger partial charge in [0.1, 0.15) is 5.75 Å². The van der Waals surface area contributed by atoms with E-state index in [0.29, 0.717) is 19.4 Å². The number of benzene rings is 1. The normalized spacial score (nSPS) is 10.1. The Labute approximate surface area is 119 Å². The van der Waals surface area contributed by atoms with E-state index < -0.39 is 0 Å². The first kappa shape index (κ1) is 14.1. The van der Waals surface area contributed by atoms with Gasteiger partial charge < -0.3 is 9.64 Å². The molecule has 0 spiro atoms. The lowest BCUT2D eigenvalue weighted by Gasteiger charge is -2.16. The molecular formula is C16H18N2O2. The molecule has 0 fully saturated rings. The first-order chi connectivity index (χ1) is 9.77. The first-order valence-corrected chi connectivity index (χ1v) is 6.62. The summed E-state index contributed by atoms with van der Waals surface area (Å²) in [5.41, 5.74) is 0.807. The largest absolute Gasteiger partial charge is 0.494 e. The number of hydrogen-bond acceptors (Lipinski definition) is 3. The molecule has 0 bridgehead atoms. The molecule has 0 aliphatic carbocycles. The molecular weight excluding hydrogens is 252 g/mol. The molecule has 0 aliphatic heterocycles. The molecule has 0 saturated carbocycles. The van der Waals surface area contributed by atoms with E-state index in [4.69, 9.17) is 4.74 Å². The number of para-hydroxylation sites is 1. The number of carbonyl (C=O) groups excluding carboxylic acids is 1. The third kappa shape index (κ3) is 4.09. The predicted octanol–water partition coefficient (Wildman–Crippen LogP) is 2.90. The van der Waals surface area contributed by atoms with Crippen molar-refractivity contribution in [1.29, 1.82) is 0 Å². The lowest BCUT2D eigenvalue weighted by molar-refractivity contribution is -0.118. The fourth-order valence-electron chi connectivity index (χ4n) is 1.79. The summed E-state index contributed by atoms with van der Waals surface area (Å²) in [6.07, 6.45) is 4.52. The second-order valence-electron chi connectivity index (χ2n) is 4.43. The molecule has 1 amide bonds. The van der Waals surface area contributed by atoms with Gasteiger partial charge in [-0.25, -0.2) is 0 Å². The molecule has 0 atom stereocenters. The zero-order valence-corrected chi connectivity index (χ0v) is 11.5. The zero-order valence-electron chi connectivity index (χ0n) is 11.5. The van der Waals surface area contributed by atoms with Gasteiger partial charge in [-0.3, -0.25) is 9.78 Å². The average Bonchev–Trinajstić information content (AvgIpc) is 2.52. The summed E-state index contributed by atoms with van der Waals surface area (Å²) in [5.74, 6) is 0.898. The highest BCUT2D eigenvalue weighted by Gasteiger charge is 2.10. The maximum absolute atomic E-state index is 12.0. The summed E-state index contributed by atoms with van der Waals surface area (Å²) in [5, 5.41) is 0. The van der Waals surface area contributed by atoms with Gasteiger partial charge in [0.15, 0.2) is 0 Å². The number of pyridine rings is 1. The van der Waals surface area contributed by atoms with Crippen LogP contribution >= 0.6 is 0 Å². The Hall–Kier alpha value is -2.36. The lowest BCUT2D eigenvalue weighted by atomic mass is 10.2. The van der Waals surface area contributed by atoms with Gasteiger partial charge in [-0.05, 0) is 30.7 Å². The van der Waals surface area contributed by atoms with Gasteiger partial charge in [-0.1, -0.05) is 18.2 Å². The number of rotatable bonds is 6. The third-order valence-corrected chi connectivity index (χ3v) is 2.95. The standard InChI is InChI=1S/C16H18N2O2/c1-18(14-7-5-11-17-13-14)16(19)10-6-12-20-15-8-3-2-4-9-15/h2-5,7-9,11,13H,6,10,12H2,1H3. The quantitative estimate of drug-likeness (QED) is 0.758. The summed E-state index contributed by atoms with van der Waals surface area (Å²) in [6.45, 7) is 0.538. The minimum Gasteiger partial charge on any atom is -0.494 e. The van der Waals surface area contributed by atoms with Crippen molar-refractivity contribution in [3.05, 3.63) is 54.9 Å². The Bertz CT molecular complexity index is 529. The van der Waals surface area contributed by atoms with E-state index in [1.807, 2.05) is 42.5 Å². The molecule has 0 N–H and O–H groups in total. The smallest absolute Gasteiger partial charge is 0.226 e. The molecule has 2 aromatic rings. The summed E-state index contributed by atoms with van der Waals surface area (Å²) >= 11 is 0. The van der Waals surface area contributed by atoms with Crippen molar-refractivity contribution < 1.29 is 9.53 Å². The van der Waals surface area contributed by atoms with Crippen molar-refractivity contribution in [3.8, 4) is 5.75 Å². The molecule has 1 aromatic carbocycles. The first-order valence-electron chi connectivity index (χ1n) is 6.62. The lowest BCUT2D eigenvalue weighted by Crippen LogP contribution is -2.26. The molecule has 2 rings (SSSR count). The van der Waals surface area contributed by atoms with Crippen LogP contribution in [0, 0.1) is 0 Å². The summed E-state index contributed by atoms with van der Waals surface area (Å²) < 4.78 is 5.56. The fraction of sp³-hybridized carbons (Fsp3) is 0.250. The Morgan fingerprint density at radius 2 is 2.00 bits per heavy atom. The minimum absolute atomic E-state index is 0.0645. The van der Waals surface area contributed by atoms with Crippen molar-refractivity contribution in [2.45, 2.75) is 12.8 Å². The summed E-state index contributed by atoms with van der Waals surface area (Å²) in [6, 6.07) is 13.3. The number of anilines is 1. The van der Waals surface area contributed by atoms with E-state index in [1.54, 1.807) is 24.3 Å². The van der Waals surface area contributed by atoms with E-state index in [0.717, 1.165) is 11.4 Å². The number of carbonyl (C=O) groups is 1. The minimum atomic E-state index is 0.0645. The fourth-order valence-corrected chi connectivity index (χ4v) is 1.79. The van der Waals surface area contributed by atoms with E-state index in [1.165, 1.54) is 0 Å². The second kappa shape index (κ2) is 7.28. The molecule has 4 nitrogen and oxygen atoms in total. The topological polar surface area (TPSA) is 42.4 Å². The van der Waals surface area contributed by atoms with Crippen molar-refractivity contribution in [2.75, 3.05) is 18.6 Å². The Morgan fingerprint density at radius 1 is 1.20 bits per heavy atom. The van der Waals surface area contributed by atoms with Crippen LogP contribution in [0.15, 0.2) is 54.9 Å². The maximum Gasteiger partial charge on any atom is 0.226 e. The van der Waals surface area contributed by atoms with Gasteiger partial charge in [0.05, 0.1) is 18.5 Å². The second-order valence-corrected chi connectivity index (χ2v) is 4.43. The van der Waals surface area contributed by atoms with Crippen LogP contribution in [0.5, 0.6) is 5.75 Å². The molecule has 20 heavy (non-hydrogen) atoms. The van der Waals surface area contributed by atoms with E-state index in [2.05, 4.69) is 4.98 Å². The highest BCUT2D eigenvalue weighted by molar-refractivity contribution is 5.92. The van der Waals surface area contributed by atoms with Gasteiger partial charge in [-0.15, -0.1) is 0 Å². The van der Waals surface area contributed by atoms with Gasteiger partial charge in [0.25, 0.3) is 0 Å². The van der Waals surface area contributed by atoms with Crippen molar-refractivity contribution in [2.24, 2.45) is 0 Å². The van der Waals surface area contributed by atoms with Crippen LogP contribution in [0.3, 0.4) is 0 Å². The molecule has 0 saturated heterocycles. The molecule has 104 valence electrons. The Kier molecular flexibility index (Phi) is 5.12. The molecule has 0 unspecified atom stereocenters. The zero-order chi connectivity index (χ0) is 14.2. The number of aromatic nitrogens is 1. The molecule has 0 radical (unpaired) electrons. The van der Waals surface area contributed by atoms with Crippen molar-refractivity contribution in [3.63, 3.8) is 0 Å². The van der Waals surface area contributed by atoms with Crippen LogP contribution in [-0.4, -0.2) is 24.5 Å². The molecule has 4 heteroatoms. The predicted molar refractivity (Wildman–Crippen MR) is 78.8 cm³/mol. The number of ether oxygens (including phenoxy) is 1. The van der Waals surface area contributed by atoms with Crippen LogP contribution < -0.4 is 9.64 Å². The van der Waals surface area contributed by atoms with Crippen LogP contribution in [0.4, 0.5) is 5.69 Å². The van der Waals surface area contributed by atoms with Crippen LogP contribution in [0.25, 0.3) is 0 Å². The van der Waals surface area contributed by atoms with Gasteiger partial charge in [0.2, 0.25) is 5.91 Å². The van der Waals surface area contributed by atoms with Gasteiger partial charge in [0, 0.05) is 19.7 Å². The van der Waals surface area contributed by atoms with Crippen LogP contribution in [0.2, 0.25) is 0 Å². The summed E-state index contributed by atoms with van der Waals surface area (Å²) in [7, 11) is 1.76. The van der Waals surface area contributed by atoms with E-state index in [9.17, 15) is 4.79 Å². The monoisotopic (exact) mass is 270 g/mol. The summed E-state index contributed by atoms with van der Waals surface area (Å²) in [4.78, 5) is 17.6. The van der Waals surface area contributed by atoms with Crippen molar-refractivity contribution in [1.82, 2.24) is 4.98 Å². The SMILES string of the molecule is CN(C(=O)CCCOc1ccccc1)c1cccnc1. The third-order valence-electron chi connectivity index (χ3n) is 2.95. The maximum atomic E-state index is 12.0.